The third-order valence-corrected chi connectivity index (χ3v) is 11.2. The van der Waals surface area contributed by atoms with E-state index >= 15 is 0 Å². The van der Waals surface area contributed by atoms with Crippen LogP contribution in [0.15, 0.2) is 91.1 Å². The number of H-pyrrole nitrogens is 1. The summed E-state index contributed by atoms with van der Waals surface area (Å²) < 4.78 is 25.5. The zero-order valence-corrected chi connectivity index (χ0v) is 32.8. The van der Waals surface area contributed by atoms with Gasteiger partial charge in [-0.2, -0.15) is 15.4 Å². The van der Waals surface area contributed by atoms with Gasteiger partial charge in [-0.1, -0.05) is 54.6 Å². The minimum absolute atomic E-state index is 0.00498. The van der Waals surface area contributed by atoms with Crippen molar-refractivity contribution in [3.05, 3.63) is 114 Å². The molecule has 0 amide bonds. The number of rotatable bonds is 7. The number of pyridine rings is 2. The first-order chi connectivity index (χ1) is 28.6. The second-order valence-electron chi connectivity index (χ2n) is 15.0. The van der Waals surface area contributed by atoms with Crippen molar-refractivity contribution in [1.82, 2.24) is 35.2 Å². The molecule has 8 rings (SSSR count). The van der Waals surface area contributed by atoms with Gasteiger partial charge >= 0.3 is 5.97 Å². The molecule has 2 fully saturated rings. The highest BCUT2D eigenvalue weighted by molar-refractivity contribution is 5.87. The Morgan fingerprint density at radius 2 is 1.45 bits per heavy atom. The zero-order valence-electron chi connectivity index (χ0n) is 32.8. The number of nitrogens with zero attached hydrogens (tertiary/aromatic N) is 7. The highest BCUT2D eigenvalue weighted by Gasteiger charge is 2.32. The van der Waals surface area contributed by atoms with Crippen LogP contribution in [0.1, 0.15) is 52.7 Å². The molecule has 0 bridgehead atoms. The fraction of sp³-hybridized carbons (Fsp3) is 0.432. The smallest absolute Gasteiger partial charge is 0.354 e. The molecule has 5 aromatic rings. The van der Waals surface area contributed by atoms with E-state index in [4.69, 9.17) is 23.9 Å². The Morgan fingerprint density at radius 3 is 2.24 bits per heavy atom. The summed E-state index contributed by atoms with van der Waals surface area (Å²) in [5, 5.41) is 21.6. The number of hydrogen-bond donors (Lipinski definition) is 2. The first-order valence-electron chi connectivity index (χ1n) is 20.4. The van der Waals surface area contributed by atoms with Crippen molar-refractivity contribution in [2.45, 2.75) is 50.6 Å². The molecule has 3 aromatic heterocycles. The van der Waals surface area contributed by atoms with Gasteiger partial charge in [-0.3, -0.25) is 14.8 Å². The largest absolute Gasteiger partial charge is 0.477 e. The number of para-hydroxylation sites is 1. The van der Waals surface area contributed by atoms with Gasteiger partial charge in [0, 0.05) is 68.8 Å². The van der Waals surface area contributed by atoms with Crippen LogP contribution >= 0.6 is 0 Å². The lowest BCUT2D eigenvalue weighted by Gasteiger charge is -2.38. The molecular formula is C44H52N8O6. The van der Waals surface area contributed by atoms with E-state index in [-0.39, 0.29) is 23.9 Å². The van der Waals surface area contributed by atoms with Crippen LogP contribution in [0, 0.1) is 0 Å². The van der Waals surface area contributed by atoms with Crippen molar-refractivity contribution in [2.24, 2.45) is 0 Å². The van der Waals surface area contributed by atoms with Gasteiger partial charge in [-0.25, -0.2) is 9.78 Å². The number of nitrogens with one attached hydrogen (secondary N) is 1. The number of aromatic carboxylic acids is 1. The molecule has 5 heterocycles. The summed E-state index contributed by atoms with van der Waals surface area (Å²) >= 11 is 0. The van der Waals surface area contributed by atoms with E-state index in [0.29, 0.717) is 91.1 Å². The highest BCUT2D eigenvalue weighted by atomic mass is 16.5. The van der Waals surface area contributed by atoms with Gasteiger partial charge in [0.2, 0.25) is 0 Å². The van der Waals surface area contributed by atoms with Gasteiger partial charge in [0.15, 0.2) is 0 Å². The summed E-state index contributed by atoms with van der Waals surface area (Å²) in [6.07, 6.45) is 4.84. The molecule has 3 aliphatic rings. The van der Waals surface area contributed by atoms with Crippen LogP contribution in [0.5, 0.6) is 0 Å². The Bertz CT molecular complexity index is 2080. The van der Waals surface area contributed by atoms with E-state index in [1.165, 1.54) is 11.6 Å². The number of aromatic nitrogens is 5. The van der Waals surface area contributed by atoms with E-state index in [1.54, 1.807) is 6.07 Å². The minimum atomic E-state index is -1.03. The quantitative estimate of drug-likeness (QED) is 0.214. The van der Waals surface area contributed by atoms with Crippen LogP contribution in [-0.4, -0.2) is 131 Å². The topological polar surface area (TPSA) is 151 Å². The molecule has 1 saturated heterocycles. The maximum Gasteiger partial charge on any atom is 0.354 e. The Morgan fingerprint density at radius 1 is 0.759 bits per heavy atom. The molecule has 14 heteroatoms. The van der Waals surface area contributed by atoms with Gasteiger partial charge in [0.25, 0.3) is 0 Å². The third kappa shape index (κ3) is 9.77. The monoisotopic (exact) mass is 788 g/mol. The van der Waals surface area contributed by atoms with Gasteiger partial charge in [0.1, 0.15) is 17.1 Å². The summed E-state index contributed by atoms with van der Waals surface area (Å²) in [5.41, 5.74) is 7.80. The maximum atomic E-state index is 11.5. The summed E-state index contributed by atoms with van der Waals surface area (Å²) in [5.74, 6) is -1.03. The molecule has 2 N–H and O–H groups in total. The molecule has 2 aromatic carbocycles. The van der Waals surface area contributed by atoms with Crippen LogP contribution in [0.25, 0.3) is 22.5 Å². The molecule has 3 atom stereocenters. The summed E-state index contributed by atoms with van der Waals surface area (Å²) in [7, 11) is 0. The Labute approximate surface area is 339 Å². The van der Waals surface area contributed by atoms with Crippen LogP contribution in [-0.2, 0) is 32.0 Å². The third-order valence-electron chi connectivity index (χ3n) is 11.2. The standard InChI is InChI=1S/C44H52N8O6/c53-44(54)37-14-7-10-33(46-37)30-50-19-23-55-27-28-56-24-21-51(22-26-58-41-17-8-16-40(41)57-25-20-50)39(36-13-5-6-18-45-36)31-52-29-32-9-1-2-11-34(32)42-43(48-49-47-42)35-12-3-4-15-38(35)52/h1-7,9-15,18,39-41H,8,16-17,19-31H2,(H,53,54)(H,47,48,49). The van der Waals surface area contributed by atoms with Gasteiger partial charge in [-0.15, -0.1) is 0 Å². The van der Waals surface area contributed by atoms with Crippen molar-refractivity contribution < 1.29 is 28.8 Å². The Hall–Kier alpha value is -5.09. The van der Waals surface area contributed by atoms with Crippen molar-refractivity contribution in [3.63, 3.8) is 0 Å². The number of carboxylic acid groups (broad SMARTS) is 1. The number of benzene rings is 2. The lowest BCUT2D eigenvalue weighted by molar-refractivity contribution is -0.0685. The van der Waals surface area contributed by atoms with Crippen LogP contribution < -0.4 is 4.90 Å². The SMILES string of the molecule is O=C(O)c1cccc(CN2CCOCCOCCN(C(CN3Cc4ccccc4-c4n[nH]nc4-c4ccccc43)c3ccccn3)CCOC3CCCC3OCC2)n1. The minimum Gasteiger partial charge on any atom is -0.477 e. The van der Waals surface area contributed by atoms with E-state index in [2.05, 4.69) is 95.8 Å². The number of anilines is 1. The molecule has 3 unspecified atom stereocenters. The van der Waals surface area contributed by atoms with Crippen LogP contribution in [0.2, 0.25) is 0 Å². The van der Waals surface area contributed by atoms with Gasteiger partial charge in [-0.05, 0) is 55.2 Å². The number of hydrogen-bond acceptors (Lipinski definition) is 12. The van der Waals surface area contributed by atoms with E-state index in [1.807, 2.05) is 18.3 Å². The van der Waals surface area contributed by atoms with Crippen molar-refractivity contribution >= 4 is 11.7 Å². The van der Waals surface area contributed by atoms with Gasteiger partial charge < -0.3 is 29.0 Å². The Balaban J connectivity index is 1.00. The summed E-state index contributed by atoms with van der Waals surface area (Å²) in [6.45, 7) is 7.51. The maximum absolute atomic E-state index is 11.5. The molecule has 58 heavy (non-hydrogen) atoms. The highest BCUT2D eigenvalue weighted by Crippen LogP contribution is 2.40. The second kappa shape index (κ2) is 19.6. The van der Waals surface area contributed by atoms with Crippen molar-refractivity contribution in [3.8, 4) is 22.5 Å². The van der Waals surface area contributed by atoms with E-state index in [9.17, 15) is 9.90 Å². The summed E-state index contributed by atoms with van der Waals surface area (Å²) in [6, 6.07) is 28.1. The molecule has 2 aliphatic heterocycles. The van der Waals surface area contributed by atoms with Crippen LogP contribution in [0.4, 0.5) is 5.69 Å². The average Bonchev–Trinajstić information content (AvgIpc) is 3.92. The first-order valence-corrected chi connectivity index (χ1v) is 20.4. The second-order valence-corrected chi connectivity index (χ2v) is 15.0. The number of aromatic amines is 1. The zero-order chi connectivity index (χ0) is 39.5. The van der Waals surface area contributed by atoms with Crippen LogP contribution in [0.3, 0.4) is 0 Å². The molecule has 14 nitrogen and oxygen atoms in total. The number of ether oxygens (including phenoxy) is 4. The predicted molar refractivity (Wildman–Crippen MR) is 218 cm³/mol. The van der Waals surface area contributed by atoms with E-state index < -0.39 is 5.97 Å². The fourth-order valence-corrected chi connectivity index (χ4v) is 8.31. The lowest BCUT2D eigenvalue weighted by Crippen LogP contribution is -2.42. The first kappa shape index (κ1) is 39.7. The molecule has 304 valence electrons. The Kier molecular flexibility index (Phi) is 13.4. The van der Waals surface area contributed by atoms with Crippen molar-refractivity contribution in [2.75, 3.05) is 77.3 Å². The number of fused-ring (bicyclic) bond motifs is 6. The van der Waals surface area contributed by atoms with E-state index in [0.717, 1.165) is 53.2 Å². The predicted octanol–water partition coefficient (Wildman–Crippen LogP) is 5.49. The average molecular weight is 789 g/mol. The molecule has 0 spiro atoms. The molecule has 1 aliphatic carbocycles. The molecule has 0 radical (unpaired) electrons. The lowest BCUT2D eigenvalue weighted by atomic mass is 9.95. The fourth-order valence-electron chi connectivity index (χ4n) is 8.31. The van der Waals surface area contributed by atoms with Gasteiger partial charge in [0.05, 0.1) is 69.3 Å². The molecular weight excluding hydrogens is 737 g/mol. The van der Waals surface area contributed by atoms with Crippen molar-refractivity contribution in [1.29, 1.82) is 0 Å². The number of carboxylic acids is 1. The molecule has 1 saturated carbocycles. The normalized spacial score (nSPS) is 20.9. The summed E-state index contributed by atoms with van der Waals surface area (Å²) in [4.78, 5) is 27.9. The number of carbonyl (C=O) groups is 1.